The average molecular weight is 407 g/mol. The summed E-state index contributed by atoms with van der Waals surface area (Å²) in [6, 6.07) is 3.34. The first-order valence-corrected chi connectivity index (χ1v) is 11.4. The molecular formula is C18H22N4O3S2. The number of sulfonamides is 1. The highest BCUT2D eigenvalue weighted by atomic mass is 32.2. The zero-order valence-corrected chi connectivity index (χ0v) is 16.9. The molecule has 1 aliphatic rings. The second kappa shape index (κ2) is 8.18. The van der Waals surface area contributed by atoms with Crippen LogP contribution in [0.3, 0.4) is 0 Å². The van der Waals surface area contributed by atoms with Gasteiger partial charge in [-0.05, 0) is 30.9 Å². The molecule has 2 heterocycles. The standard InChI is InChI=1S/C18H22N4O3S2/c1-22(27(2,24)25)16-8-7-14(12-20-16)15(11-13-5-3-4-6-13)17(23)21-18-19-9-10-26-18/h7-13H,3-6H2,1-2H3,(H,19,21,23)/b15-11+. The molecule has 0 unspecified atom stereocenters. The van der Waals surface area contributed by atoms with Crippen molar-refractivity contribution in [2.75, 3.05) is 22.9 Å². The maximum absolute atomic E-state index is 12.8. The smallest absolute Gasteiger partial charge is 0.257 e. The summed E-state index contributed by atoms with van der Waals surface area (Å²) in [6.07, 6.45) is 10.8. The summed E-state index contributed by atoms with van der Waals surface area (Å²) in [5.41, 5.74) is 1.19. The molecule has 0 aromatic carbocycles. The molecule has 144 valence electrons. The third-order valence-electron chi connectivity index (χ3n) is 4.58. The van der Waals surface area contributed by atoms with Crippen LogP contribution < -0.4 is 9.62 Å². The molecule has 0 atom stereocenters. The van der Waals surface area contributed by atoms with Gasteiger partial charge in [-0.1, -0.05) is 18.9 Å². The molecule has 9 heteroatoms. The van der Waals surface area contributed by atoms with Gasteiger partial charge in [0.1, 0.15) is 5.82 Å². The van der Waals surface area contributed by atoms with Crippen molar-refractivity contribution in [1.82, 2.24) is 9.97 Å². The van der Waals surface area contributed by atoms with Crippen LogP contribution in [0.1, 0.15) is 31.2 Å². The molecule has 3 rings (SSSR count). The molecule has 0 saturated heterocycles. The SMILES string of the molecule is CN(c1ccc(/C(=C\C2CCCC2)C(=O)Nc2nccs2)cn1)S(C)(=O)=O. The lowest BCUT2D eigenvalue weighted by Gasteiger charge is -2.16. The monoisotopic (exact) mass is 406 g/mol. The van der Waals surface area contributed by atoms with Crippen LogP contribution >= 0.6 is 11.3 Å². The van der Waals surface area contributed by atoms with Gasteiger partial charge >= 0.3 is 0 Å². The molecule has 0 aliphatic heterocycles. The topological polar surface area (TPSA) is 92.3 Å². The normalized spacial score (nSPS) is 15.7. The number of aromatic nitrogens is 2. The van der Waals surface area contributed by atoms with E-state index in [2.05, 4.69) is 15.3 Å². The summed E-state index contributed by atoms with van der Waals surface area (Å²) in [4.78, 5) is 21.2. The van der Waals surface area contributed by atoms with Crippen molar-refractivity contribution in [2.45, 2.75) is 25.7 Å². The van der Waals surface area contributed by atoms with Gasteiger partial charge in [0, 0.05) is 36.0 Å². The number of hydrogen-bond donors (Lipinski definition) is 1. The fraction of sp³-hybridized carbons (Fsp3) is 0.389. The van der Waals surface area contributed by atoms with Gasteiger partial charge in [-0.25, -0.2) is 18.4 Å². The summed E-state index contributed by atoms with van der Waals surface area (Å²) >= 11 is 1.36. The number of carbonyl (C=O) groups excluding carboxylic acids is 1. The number of anilines is 2. The second-order valence-corrected chi connectivity index (χ2v) is 9.46. The molecule has 0 radical (unpaired) electrons. The van der Waals surface area contributed by atoms with Gasteiger partial charge in [0.15, 0.2) is 5.13 Å². The van der Waals surface area contributed by atoms with Crippen LogP contribution in [0.15, 0.2) is 36.0 Å². The van der Waals surface area contributed by atoms with Gasteiger partial charge in [-0.2, -0.15) is 0 Å². The number of hydrogen-bond acceptors (Lipinski definition) is 6. The highest BCUT2D eigenvalue weighted by Gasteiger charge is 2.20. The molecule has 1 aliphatic carbocycles. The van der Waals surface area contributed by atoms with Gasteiger partial charge in [0.05, 0.1) is 6.26 Å². The summed E-state index contributed by atoms with van der Waals surface area (Å²) in [5, 5.41) is 5.16. The summed E-state index contributed by atoms with van der Waals surface area (Å²) in [6.45, 7) is 0. The highest BCUT2D eigenvalue weighted by Crippen LogP contribution is 2.30. The van der Waals surface area contributed by atoms with E-state index in [4.69, 9.17) is 0 Å². The van der Waals surface area contributed by atoms with Crippen molar-refractivity contribution in [3.05, 3.63) is 41.5 Å². The van der Waals surface area contributed by atoms with Gasteiger partial charge in [0.25, 0.3) is 5.91 Å². The lowest BCUT2D eigenvalue weighted by atomic mass is 9.99. The third-order valence-corrected chi connectivity index (χ3v) is 6.45. The van der Waals surface area contributed by atoms with Crippen LogP contribution in [0.25, 0.3) is 5.57 Å². The molecule has 27 heavy (non-hydrogen) atoms. The molecular weight excluding hydrogens is 384 g/mol. The molecule has 1 amide bonds. The molecule has 1 saturated carbocycles. The molecule has 7 nitrogen and oxygen atoms in total. The maximum atomic E-state index is 12.8. The van der Waals surface area contributed by atoms with Crippen LogP contribution in [-0.2, 0) is 14.8 Å². The summed E-state index contributed by atoms with van der Waals surface area (Å²) in [5.74, 6) is 0.435. The number of allylic oxidation sites excluding steroid dienone is 1. The minimum absolute atomic E-state index is 0.233. The van der Waals surface area contributed by atoms with Gasteiger partial charge in [-0.3, -0.25) is 14.4 Å². The maximum Gasteiger partial charge on any atom is 0.257 e. The van der Waals surface area contributed by atoms with Gasteiger partial charge < -0.3 is 0 Å². The van der Waals surface area contributed by atoms with Gasteiger partial charge in [0.2, 0.25) is 10.0 Å². The lowest BCUT2D eigenvalue weighted by Crippen LogP contribution is -2.25. The Hall–Kier alpha value is -2.26. The fourth-order valence-corrected chi connectivity index (χ4v) is 3.99. The van der Waals surface area contributed by atoms with E-state index < -0.39 is 10.0 Å². The number of thiazole rings is 1. The molecule has 2 aromatic rings. The zero-order valence-electron chi connectivity index (χ0n) is 15.3. The van der Waals surface area contributed by atoms with E-state index in [1.165, 1.54) is 31.2 Å². The lowest BCUT2D eigenvalue weighted by molar-refractivity contribution is -0.111. The Labute approximate surface area is 163 Å². The van der Waals surface area contributed by atoms with Crippen LogP contribution in [0.5, 0.6) is 0 Å². The van der Waals surface area contributed by atoms with Crippen LogP contribution in [-0.4, -0.2) is 37.6 Å². The van der Waals surface area contributed by atoms with E-state index in [0.29, 0.717) is 28.0 Å². The Balaban J connectivity index is 1.89. The van der Waals surface area contributed by atoms with E-state index in [1.807, 2.05) is 6.08 Å². The molecule has 1 N–H and O–H groups in total. The van der Waals surface area contributed by atoms with E-state index in [9.17, 15) is 13.2 Å². The minimum Gasteiger partial charge on any atom is -0.298 e. The van der Waals surface area contributed by atoms with Crippen molar-refractivity contribution < 1.29 is 13.2 Å². The van der Waals surface area contributed by atoms with E-state index in [-0.39, 0.29) is 5.91 Å². The Kier molecular flexibility index (Phi) is 5.91. The predicted octanol–water partition coefficient (Wildman–Crippen LogP) is 3.15. The second-order valence-electron chi connectivity index (χ2n) is 6.55. The summed E-state index contributed by atoms with van der Waals surface area (Å²) < 4.78 is 24.4. The largest absolute Gasteiger partial charge is 0.298 e. The number of nitrogens with one attached hydrogen (secondary N) is 1. The fourth-order valence-electron chi connectivity index (χ4n) is 3.01. The van der Waals surface area contributed by atoms with Crippen LogP contribution in [0.2, 0.25) is 0 Å². The zero-order chi connectivity index (χ0) is 19.4. The Bertz CT molecular complexity index is 916. The van der Waals surface area contributed by atoms with Crippen molar-refractivity contribution in [2.24, 2.45) is 5.92 Å². The molecule has 0 spiro atoms. The minimum atomic E-state index is -3.39. The number of nitrogens with zero attached hydrogens (tertiary/aromatic N) is 3. The first-order valence-electron chi connectivity index (χ1n) is 8.67. The first kappa shape index (κ1) is 19.5. The number of carbonyl (C=O) groups is 1. The van der Waals surface area contributed by atoms with Crippen molar-refractivity contribution in [3.8, 4) is 0 Å². The molecule has 0 bridgehead atoms. The number of pyridine rings is 1. The van der Waals surface area contributed by atoms with Crippen LogP contribution in [0.4, 0.5) is 10.9 Å². The molecule has 2 aromatic heterocycles. The highest BCUT2D eigenvalue weighted by molar-refractivity contribution is 7.92. The summed E-state index contributed by atoms with van der Waals surface area (Å²) in [7, 11) is -1.94. The Morgan fingerprint density at radius 3 is 2.59 bits per heavy atom. The van der Waals surface area contributed by atoms with E-state index in [0.717, 1.165) is 23.4 Å². The van der Waals surface area contributed by atoms with Crippen molar-refractivity contribution in [1.29, 1.82) is 0 Å². The Morgan fingerprint density at radius 1 is 1.30 bits per heavy atom. The van der Waals surface area contributed by atoms with Crippen molar-refractivity contribution >= 4 is 43.8 Å². The molecule has 1 fully saturated rings. The quantitative estimate of drug-likeness (QED) is 0.744. The van der Waals surface area contributed by atoms with Crippen LogP contribution in [0, 0.1) is 5.92 Å². The Morgan fingerprint density at radius 2 is 2.04 bits per heavy atom. The predicted molar refractivity (Wildman–Crippen MR) is 108 cm³/mol. The number of rotatable bonds is 6. The number of amides is 1. The van der Waals surface area contributed by atoms with Crippen molar-refractivity contribution in [3.63, 3.8) is 0 Å². The third kappa shape index (κ3) is 4.92. The van der Waals surface area contributed by atoms with Gasteiger partial charge in [-0.15, -0.1) is 11.3 Å². The van der Waals surface area contributed by atoms with E-state index >= 15 is 0 Å². The average Bonchev–Trinajstić information content (AvgIpc) is 3.32. The van der Waals surface area contributed by atoms with E-state index in [1.54, 1.807) is 29.9 Å². The first-order chi connectivity index (χ1) is 12.8.